The standard InChI is InChI=1S/C17H28N4O2/c18-12-17(9-11-21(13-17)10-8-15(19)22)20-16(23)7-6-14-4-2-1-3-5-14/h14H,1-11,13H2,(H2,19,22)(H,20,23). The average molecular weight is 320 g/mol. The minimum absolute atomic E-state index is 0.0196. The third-order valence-corrected chi connectivity index (χ3v) is 5.12. The Morgan fingerprint density at radius 3 is 2.65 bits per heavy atom. The quantitative estimate of drug-likeness (QED) is 0.738. The number of carbonyl (C=O) groups excluding carboxylic acids is 2. The molecule has 0 aromatic carbocycles. The summed E-state index contributed by atoms with van der Waals surface area (Å²) in [4.78, 5) is 25.1. The van der Waals surface area contributed by atoms with Crippen molar-refractivity contribution in [3.8, 4) is 6.07 Å². The number of hydrogen-bond donors (Lipinski definition) is 2. The zero-order valence-electron chi connectivity index (χ0n) is 13.9. The predicted molar refractivity (Wildman–Crippen MR) is 87.2 cm³/mol. The Bertz CT molecular complexity index is 468. The summed E-state index contributed by atoms with van der Waals surface area (Å²) < 4.78 is 0. The normalized spacial score (nSPS) is 25.9. The number of nitrogens with one attached hydrogen (secondary N) is 1. The Kier molecular flexibility index (Phi) is 6.40. The van der Waals surface area contributed by atoms with Crippen LogP contribution < -0.4 is 11.1 Å². The summed E-state index contributed by atoms with van der Waals surface area (Å²) in [5, 5.41) is 12.4. The number of carbonyl (C=O) groups is 2. The predicted octanol–water partition coefficient (Wildman–Crippen LogP) is 1.31. The maximum absolute atomic E-state index is 12.2. The number of nitriles is 1. The fourth-order valence-electron chi connectivity index (χ4n) is 3.71. The number of nitrogens with two attached hydrogens (primary N) is 1. The molecule has 0 bridgehead atoms. The van der Waals surface area contributed by atoms with Crippen LogP contribution in [0.4, 0.5) is 0 Å². The molecule has 2 amide bonds. The first-order valence-corrected chi connectivity index (χ1v) is 8.76. The molecule has 1 unspecified atom stereocenters. The highest BCUT2D eigenvalue weighted by atomic mass is 16.2. The van der Waals surface area contributed by atoms with Crippen LogP contribution in [0, 0.1) is 17.2 Å². The Morgan fingerprint density at radius 2 is 2.00 bits per heavy atom. The van der Waals surface area contributed by atoms with Gasteiger partial charge in [-0.25, -0.2) is 0 Å². The molecule has 1 aliphatic carbocycles. The lowest BCUT2D eigenvalue weighted by molar-refractivity contribution is -0.123. The van der Waals surface area contributed by atoms with E-state index in [0.717, 1.165) is 6.42 Å². The van der Waals surface area contributed by atoms with Crippen LogP contribution in [0.1, 0.15) is 57.8 Å². The molecule has 2 rings (SSSR count). The Balaban J connectivity index is 1.76. The molecular weight excluding hydrogens is 292 g/mol. The van der Waals surface area contributed by atoms with Gasteiger partial charge in [-0.3, -0.25) is 14.5 Å². The lowest BCUT2D eigenvalue weighted by Crippen LogP contribution is -2.49. The number of hydrogen-bond acceptors (Lipinski definition) is 4. The van der Waals surface area contributed by atoms with Crippen LogP contribution in [0.15, 0.2) is 0 Å². The summed E-state index contributed by atoms with van der Waals surface area (Å²) in [6.45, 7) is 1.74. The summed E-state index contributed by atoms with van der Waals surface area (Å²) in [5.41, 5.74) is 4.36. The number of amides is 2. The Morgan fingerprint density at radius 1 is 1.26 bits per heavy atom. The van der Waals surface area contributed by atoms with Crippen molar-refractivity contribution in [1.82, 2.24) is 10.2 Å². The maximum atomic E-state index is 12.2. The molecule has 1 saturated heterocycles. The van der Waals surface area contributed by atoms with Gasteiger partial charge in [0.1, 0.15) is 5.54 Å². The summed E-state index contributed by atoms with van der Waals surface area (Å²) in [6.07, 6.45) is 8.69. The first-order chi connectivity index (χ1) is 11.0. The molecule has 1 atom stereocenters. The van der Waals surface area contributed by atoms with Crippen molar-refractivity contribution in [2.45, 2.75) is 63.3 Å². The molecule has 0 spiro atoms. The molecular formula is C17H28N4O2. The van der Waals surface area contributed by atoms with Crippen LogP contribution in [-0.4, -0.2) is 41.9 Å². The van der Waals surface area contributed by atoms with E-state index in [2.05, 4.69) is 11.4 Å². The molecule has 3 N–H and O–H groups in total. The SMILES string of the molecule is N#CC1(NC(=O)CCC2CCCCC2)CCN(CCC(N)=O)C1. The van der Waals surface area contributed by atoms with E-state index in [1.54, 1.807) is 0 Å². The van der Waals surface area contributed by atoms with E-state index in [-0.39, 0.29) is 18.2 Å². The van der Waals surface area contributed by atoms with E-state index >= 15 is 0 Å². The molecule has 1 saturated carbocycles. The molecule has 6 nitrogen and oxygen atoms in total. The minimum Gasteiger partial charge on any atom is -0.370 e. The van der Waals surface area contributed by atoms with Crippen LogP contribution in [-0.2, 0) is 9.59 Å². The second kappa shape index (κ2) is 8.30. The summed E-state index contributed by atoms with van der Waals surface area (Å²) >= 11 is 0. The smallest absolute Gasteiger partial charge is 0.221 e. The average Bonchev–Trinajstić information content (AvgIpc) is 2.96. The van der Waals surface area contributed by atoms with Crippen LogP contribution >= 0.6 is 0 Å². The van der Waals surface area contributed by atoms with E-state index in [1.807, 2.05) is 4.90 Å². The van der Waals surface area contributed by atoms with Crippen LogP contribution in [0.5, 0.6) is 0 Å². The second-order valence-corrected chi connectivity index (χ2v) is 7.03. The molecule has 0 aromatic heterocycles. The lowest BCUT2D eigenvalue weighted by Gasteiger charge is -2.25. The van der Waals surface area contributed by atoms with Gasteiger partial charge in [0.2, 0.25) is 11.8 Å². The Hall–Kier alpha value is -1.61. The topological polar surface area (TPSA) is 99.2 Å². The first kappa shape index (κ1) is 17.7. The van der Waals surface area contributed by atoms with Crippen molar-refractivity contribution in [2.24, 2.45) is 11.7 Å². The van der Waals surface area contributed by atoms with E-state index in [9.17, 15) is 14.9 Å². The molecule has 1 heterocycles. The molecule has 1 aliphatic heterocycles. The van der Waals surface area contributed by atoms with Gasteiger partial charge in [-0.1, -0.05) is 32.1 Å². The Labute approximate surface area is 138 Å². The molecule has 23 heavy (non-hydrogen) atoms. The molecule has 0 radical (unpaired) electrons. The van der Waals surface area contributed by atoms with E-state index in [0.29, 0.717) is 38.4 Å². The van der Waals surface area contributed by atoms with Gasteiger partial charge in [0.05, 0.1) is 6.07 Å². The van der Waals surface area contributed by atoms with Crippen molar-refractivity contribution in [3.63, 3.8) is 0 Å². The van der Waals surface area contributed by atoms with Gasteiger partial charge < -0.3 is 11.1 Å². The van der Waals surface area contributed by atoms with Crippen molar-refractivity contribution >= 4 is 11.8 Å². The number of primary amides is 1. The zero-order chi connectivity index (χ0) is 16.7. The first-order valence-electron chi connectivity index (χ1n) is 8.76. The molecule has 0 aromatic rings. The highest BCUT2D eigenvalue weighted by Gasteiger charge is 2.39. The van der Waals surface area contributed by atoms with Crippen molar-refractivity contribution < 1.29 is 9.59 Å². The van der Waals surface area contributed by atoms with Gasteiger partial charge in [-0.05, 0) is 18.8 Å². The van der Waals surface area contributed by atoms with Gasteiger partial charge >= 0.3 is 0 Å². The van der Waals surface area contributed by atoms with Gasteiger partial charge in [0.25, 0.3) is 0 Å². The highest BCUT2D eigenvalue weighted by Crippen LogP contribution is 2.27. The monoisotopic (exact) mass is 320 g/mol. The van der Waals surface area contributed by atoms with Gasteiger partial charge in [0, 0.05) is 32.5 Å². The van der Waals surface area contributed by atoms with E-state index in [1.165, 1.54) is 32.1 Å². The van der Waals surface area contributed by atoms with Crippen LogP contribution in [0.25, 0.3) is 0 Å². The van der Waals surface area contributed by atoms with Crippen molar-refractivity contribution in [2.75, 3.05) is 19.6 Å². The third-order valence-electron chi connectivity index (χ3n) is 5.12. The zero-order valence-corrected chi connectivity index (χ0v) is 13.9. The third kappa shape index (κ3) is 5.51. The van der Waals surface area contributed by atoms with Crippen molar-refractivity contribution in [3.05, 3.63) is 0 Å². The molecule has 128 valence electrons. The largest absolute Gasteiger partial charge is 0.370 e. The highest BCUT2D eigenvalue weighted by molar-refractivity contribution is 5.77. The van der Waals surface area contributed by atoms with Crippen LogP contribution in [0.2, 0.25) is 0 Å². The molecule has 2 aliphatic rings. The maximum Gasteiger partial charge on any atom is 0.221 e. The number of nitrogens with zero attached hydrogens (tertiary/aromatic N) is 2. The second-order valence-electron chi connectivity index (χ2n) is 7.03. The number of likely N-dealkylation sites (tertiary alicyclic amines) is 1. The molecule has 2 fully saturated rings. The minimum atomic E-state index is -0.804. The van der Waals surface area contributed by atoms with E-state index in [4.69, 9.17) is 5.73 Å². The number of rotatable bonds is 7. The van der Waals surface area contributed by atoms with E-state index < -0.39 is 5.54 Å². The summed E-state index contributed by atoms with van der Waals surface area (Å²) in [6, 6.07) is 2.27. The van der Waals surface area contributed by atoms with Gasteiger partial charge in [0.15, 0.2) is 0 Å². The summed E-state index contributed by atoms with van der Waals surface area (Å²) in [5.74, 6) is 0.313. The lowest BCUT2D eigenvalue weighted by atomic mass is 9.86. The van der Waals surface area contributed by atoms with Gasteiger partial charge in [-0.2, -0.15) is 5.26 Å². The summed E-state index contributed by atoms with van der Waals surface area (Å²) in [7, 11) is 0. The van der Waals surface area contributed by atoms with Gasteiger partial charge in [-0.15, -0.1) is 0 Å². The fourth-order valence-corrected chi connectivity index (χ4v) is 3.71. The van der Waals surface area contributed by atoms with Crippen LogP contribution in [0.3, 0.4) is 0 Å². The van der Waals surface area contributed by atoms with Crippen molar-refractivity contribution in [1.29, 1.82) is 5.26 Å². The fraction of sp³-hybridized carbons (Fsp3) is 0.824. The molecule has 6 heteroatoms.